The number of anilines is 2. The molecule has 1 aromatic rings. The van der Waals surface area contributed by atoms with Crippen LogP contribution in [-0.4, -0.2) is 45.0 Å². The van der Waals surface area contributed by atoms with E-state index in [-0.39, 0.29) is 17.8 Å². The van der Waals surface area contributed by atoms with Gasteiger partial charge in [0.05, 0.1) is 6.61 Å². The minimum absolute atomic E-state index is 0.0429. The molecule has 0 amide bonds. The summed E-state index contributed by atoms with van der Waals surface area (Å²) >= 11 is 1.39. The van der Waals surface area contributed by atoms with E-state index < -0.39 is 0 Å². The van der Waals surface area contributed by atoms with Crippen LogP contribution in [0.4, 0.5) is 11.9 Å². The summed E-state index contributed by atoms with van der Waals surface area (Å²) in [6.07, 6.45) is 0. The Bertz CT molecular complexity index is 359. The van der Waals surface area contributed by atoms with E-state index in [0.29, 0.717) is 11.1 Å². The molecule has 0 aliphatic rings. The van der Waals surface area contributed by atoms with Crippen LogP contribution < -0.4 is 10.6 Å². The van der Waals surface area contributed by atoms with Crippen LogP contribution in [0, 0.1) is 0 Å². The van der Waals surface area contributed by atoms with Crippen LogP contribution >= 0.6 is 11.8 Å². The van der Waals surface area contributed by atoms with Crippen molar-refractivity contribution in [2.45, 2.75) is 31.2 Å². The van der Waals surface area contributed by atoms with Gasteiger partial charge in [-0.25, -0.2) is 0 Å². The van der Waals surface area contributed by atoms with E-state index in [1.165, 1.54) is 11.8 Å². The highest BCUT2D eigenvalue weighted by molar-refractivity contribution is 7.99. The molecule has 3 N–H and O–H groups in total. The molecule has 0 saturated carbocycles. The first-order chi connectivity index (χ1) is 8.10. The second kappa shape index (κ2) is 6.61. The van der Waals surface area contributed by atoms with Crippen LogP contribution in [-0.2, 0) is 0 Å². The molecule has 0 saturated heterocycles. The summed E-state index contributed by atoms with van der Waals surface area (Å²) in [4.78, 5) is 14.5. The molecular weight excluding hydrogens is 238 g/mol. The van der Waals surface area contributed by atoms with Gasteiger partial charge in [-0.2, -0.15) is 15.0 Å². The summed E-state index contributed by atoms with van der Waals surface area (Å²) < 4.78 is 0. The van der Waals surface area contributed by atoms with Crippen molar-refractivity contribution in [3.05, 3.63) is 0 Å². The number of nitrogens with two attached hydrogens (primary N) is 1. The minimum atomic E-state index is 0.0429. The Labute approximate surface area is 106 Å². The number of aliphatic hydroxyl groups is 1. The molecule has 1 unspecified atom stereocenters. The topological polar surface area (TPSA) is 88.2 Å². The van der Waals surface area contributed by atoms with E-state index in [0.717, 1.165) is 13.1 Å². The number of hydrogen-bond donors (Lipinski definition) is 2. The summed E-state index contributed by atoms with van der Waals surface area (Å²) in [5, 5.41) is 9.60. The van der Waals surface area contributed by atoms with Crippen LogP contribution in [0.25, 0.3) is 0 Å². The zero-order valence-electron chi connectivity index (χ0n) is 10.4. The van der Waals surface area contributed by atoms with E-state index in [2.05, 4.69) is 15.0 Å². The quantitative estimate of drug-likeness (QED) is 0.728. The third-order valence-electron chi connectivity index (χ3n) is 2.23. The average molecular weight is 257 g/mol. The summed E-state index contributed by atoms with van der Waals surface area (Å²) in [6, 6.07) is 0. The SMILES string of the molecule is CCN(CC)c1nc(N)nc(SC(C)CO)n1. The van der Waals surface area contributed by atoms with Crippen LogP contribution in [0.3, 0.4) is 0 Å². The molecule has 0 bridgehead atoms. The molecule has 0 aliphatic heterocycles. The van der Waals surface area contributed by atoms with E-state index >= 15 is 0 Å². The second-order valence-corrected chi connectivity index (χ2v) is 4.97. The molecule has 0 fully saturated rings. The molecule has 0 spiro atoms. The molecule has 0 aliphatic carbocycles. The molecule has 6 nitrogen and oxygen atoms in total. The molecule has 1 atom stereocenters. The van der Waals surface area contributed by atoms with Gasteiger partial charge in [-0.1, -0.05) is 18.7 Å². The fraction of sp³-hybridized carbons (Fsp3) is 0.700. The fourth-order valence-electron chi connectivity index (χ4n) is 1.28. The molecule has 1 rings (SSSR count). The lowest BCUT2D eigenvalue weighted by Crippen LogP contribution is -2.25. The monoisotopic (exact) mass is 257 g/mol. The predicted octanol–water partition coefficient (Wildman–Crippen LogP) is 0.773. The molecule has 96 valence electrons. The van der Waals surface area contributed by atoms with Crippen molar-refractivity contribution >= 4 is 23.7 Å². The first-order valence-corrected chi connectivity index (χ1v) is 6.52. The molecular formula is C10H19N5OS. The number of thioether (sulfide) groups is 1. The summed E-state index contributed by atoms with van der Waals surface area (Å²) in [6.45, 7) is 7.69. The zero-order valence-corrected chi connectivity index (χ0v) is 11.2. The van der Waals surface area contributed by atoms with Gasteiger partial charge in [0.1, 0.15) is 0 Å². The number of nitrogen functional groups attached to an aromatic ring is 1. The number of aromatic nitrogens is 3. The van der Waals surface area contributed by atoms with Crippen LogP contribution in [0.2, 0.25) is 0 Å². The van der Waals surface area contributed by atoms with Gasteiger partial charge in [0.25, 0.3) is 0 Å². The maximum absolute atomic E-state index is 9.00. The van der Waals surface area contributed by atoms with Gasteiger partial charge in [0, 0.05) is 18.3 Å². The number of aliphatic hydroxyl groups excluding tert-OH is 1. The highest BCUT2D eigenvalue weighted by Crippen LogP contribution is 2.21. The Morgan fingerprint density at radius 3 is 2.47 bits per heavy atom. The van der Waals surface area contributed by atoms with Crippen LogP contribution in [0.15, 0.2) is 5.16 Å². The van der Waals surface area contributed by atoms with Crippen molar-refractivity contribution in [2.24, 2.45) is 0 Å². The highest BCUT2D eigenvalue weighted by Gasteiger charge is 2.12. The van der Waals surface area contributed by atoms with Gasteiger partial charge in [0.15, 0.2) is 5.16 Å². The fourth-order valence-corrected chi connectivity index (χ4v) is 1.99. The van der Waals surface area contributed by atoms with Gasteiger partial charge in [-0.3, -0.25) is 0 Å². The molecule has 7 heteroatoms. The van der Waals surface area contributed by atoms with Crippen molar-refractivity contribution < 1.29 is 5.11 Å². The smallest absolute Gasteiger partial charge is 0.231 e. The second-order valence-electron chi connectivity index (χ2n) is 3.56. The largest absolute Gasteiger partial charge is 0.395 e. The van der Waals surface area contributed by atoms with Gasteiger partial charge in [-0.15, -0.1) is 0 Å². The Kier molecular flexibility index (Phi) is 5.43. The predicted molar refractivity (Wildman–Crippen MR) is 70.2 cm³/mol. The summed E-state index contributed by atoms with van der Waals surface area (Å²) in [5.74, 6) is 0.810. The van der Waals surface area contributed by atoms with Gasteiger partial charge in [-0.05, 0) is 13.8 Å². The normalized spacial score (nSPS) is 12.5. The van der Waals surface area contributed by atoms with Crippen LogP contribution in [0.5, 0.6) is 0 Å². The first kappa shape index (κ1) is 14.0. The third-order valence-corrected chi connectivity index (χ3v) is 3.18. The lowest BCUT2D eigenvalue weighted by molar-refractivity contribution is 0.300. The Balaban J connectivity index is 2.93. The highest BCUT2D eigenvalue weighted by atomic mass is 32.2. The number of nitrogens with zero attached hydrogens (tertiary/aromatic N) is 4. The van der Waals surface area contributed by atoms with E-state index in [1.54, 1.807) is 0 Å². The number of hydrogen-bond acceptors (Lipinski definition) is 7. The number of rotatable bonds is 6. The maximum Gasteiger partial charge on any atom is 0.231 e. The van der Waals surface area contributed by atoms with Crippen molar-refractivity contribution in [1.29, 1.82) is 0 Å². The zero-order chi connectivity index (χ0) is 12.8. The van der Waals surface area contributed by atoms with Crippen molar-refractivity contribution in [2.75, 3.05) is 30.3 Å². The minimum Gasteiger partial charge on any atom is -0.395 e. The lowest BCUT2D eigenvalue weighted by Gasteiger charge is -2.19. The van der Waals surface area contributed by atoms with Gasteiger partial charge in [0.2, 0.25) is 11.9 Å². The summed E-state index contributed by atoms with van der Waals surface area (Å²) in [7, 11) is 0. The Morgan fingerprint density at radius 1 is 1.29 bits per heavy atom. The molecule has 0 aromatic carbocycles. The van der Waals surface area contributed by atoms with Gasteiger partial charge >= 0.3 is 0 Å². The molecule has 1 heterocycles. The van der Waals surface area contributed by atoms with Crippen molar-refractivity contribution in [3.8, 4) is 0 Å². The van der Waals surface area contributed by atoms with Crippen molar-refractivity contribution in [1.82, 2.24) is 15.0 Å². The van der Waals surface area contributed by atoms with E-state index in [9.17, 15) is 0 Å². The summed E-state index contributed by atoms with van der Waals surface area (Å²) in [5.41, 5.74) is 5.66. The molecule has 17 heavy (non-hydrogen) atoms. The van der Waals surface area contributed by atoms with Crippen molar-refractivity contribution in [3.63, 3.8) is 0 Å². The molecule has 1 aromatic heterocycles. The van der Waals surface area contributed by atoms with E-state index in [1.807, 2.05) is 25.7 Å². The third kappa shape index (κ3) is 4.01. The van der Waals surface area contributed by atoms with E-state index in [4.69, 9.17) is 10.8 Å². The first-order valence-electron chi connectivity index (χ1n) is 5.64. The lowest BCUT2D eigenvalue weighted by atomic mass is 10.5. The maximum atomic E-state index is 9.00. The Hall–Kier alpha value is -1.08. The van der Waals surface area contributed by atoms with Crippen LogP contribution in [0.1, 0.15) is 20.8 Å². The average Bonchev–Trinajstić information content (AvgIpc) is 2.29. The Morgan fingerprint density at radius 2 is 1.94 bits per heavy atom. The molecule has 0 radical (unpaired) electrons. The standard InChI is InChI=1S/C10H19N5OS/c1-4-15(5-2)9-12-8(11)13-10(14-9)17-7(3)6-16/h7,16H,4-6H2,1-3H3,(H2,11,12,13,14). The van der Waals surface area contributed by atoms with Gasteiger partial charge < -0.3 is 15.7 Å².